The molecule has 3 N–H and O–H groups in total. The van der Waals surface area contributed by atoms with Gasteiger partial charge in [-0.05, 0) is 13.0 Å². The molecule has 0 fully saturated rings. The molecular formula is C10H9N5O3S. The van der Waals surface area contributed by atoms with Gasteiger partial charge in [0, 0.05) is 5.56 Å². The van der Waals surface area contributed by atoms with Crippen LogP contribution >= 0.6 is 11.3 Å². The molecule has 0 saturated carbocycles. The molecule has 0 atom stereocenters. The Kier molecular flexibility index (Phi) is 3.38. The zero-order valence-electron chi connectivity index (χ0n) is 9.78. The van der Waals surface area contributed by atoms with E-state index < -0.39 is 10.8 Å². The molecule has 8 nitrogen and oxygen atoms in total. The van der Waals surface area contributed by atoms with Gasteiger partial charge >= 0.3 is 0 Å². The van der Waals surface area contributed by atoms with E-state index in [2.05, 4.69) is 15.5 Å². The number of nitrogens with zero attached hydrogens (tertiary/aromatic N) is 3. The third kappa shape index (κ3) is 2.65. The summed E-state index contributed by atoms with van der Waals surface area (Å²) in [5.74, 6) is -0.619. The number of benzene rings is 1. The molecule has 9 heteroatoms. The summed E-state index contributed by atoms with van der Waals surface area (Å²) < 4.78 is 0. The van der Waals surface area contributed by atoms with E-state index in [0.717, 1.165) is 11.3 Å². The second kappa shape index (κ2) is 4.98. The fraction of sp³-hybridized carbons (Fsp3) is 0.100. The fourth-order valence-electron chi connectivity index (χ4n) is 1.53. The number of aryl methyl sites for hydroxylation is 1. The van der Waals surface area contributed by atoms with Crippen LogP contribution in [0.4, 0.5) is 16.0 Å². The van der Waals surface area contributed by atoms with E-state index in [0.29, 0.717) is 5.56 Å². The summed E-state index contributed by atoms with van der Waals surface area (Å²) in [5.41, 5.74) is 5.54. The summed E-state index contributed by atoms with van der Waals surface area (Å²) in [6, 6.07) is 4.52. The number of aromatic nitrogens is 2. The molecule has 0 aliphatic heterocycles. The molecule has 1 aromatic carbocycles. The van der Waals surface area contributed by atoms with Crippen LogP contribution in [0.3, 0.4) is 0 Å². The van der Waals surface area contributed by atoms with Gasteiger partial charge in [-0.3, -0.25) is 20.2 Å². The van der Waals surface area contributed by atoms with Gasteiger partial charge in [-0.1, -0.05) is 23.5 Å². The summed E-state index contributed by atoms with van der Waals surface area (Å²) in [5, 5.41) is 21.0. The van der Waals surface area contributed by atoms with Gasteiger partial charge in [0.05, 0.1) is 4.92 Å². The molecule has 0 saturated heterocycles. The molecule has 98 valence electrons. The maximum Gasteiger partial charge on any atom is 0.285 e. The van der Waals surface area contributed by atoms with Crippen molar-refractivity contribution in [3.05, 3.63) is 39.4 Å². The number of carbonyl (C=O) groups excluding carboxylic acids is 1. The number of nitrogen functional groups attached to an aromatic ring is 1. The number of hydrogen-bond donors (Lipinski definition) is 2. The number of para-hydroxylation sites is 1. The fourth-order valence-corrected chi connectivity index (χ4v) is 2.04. The second-order valence-electron chi connectivity index (χ2n) is 3.63. The number of anilines is 2. The molecule has 2 aromatic rings. The molecule has 0 radical (unpaired) electrons. The minimum Gasteiger partial charge on any atom is -0.374 e. The number of nitrogens with two attached hydrogens (primary N) is 1. The quantitative estimate of drug-likeness (QED) is 0.649. The first-order valence-corrected chi connectivity index (χ1v) is 5.95. The van der Waals surface area contributed by atoms with Crippen LogP contribution in [-0.4, -0.2) is 21.0 Å². The van der Waals surface area contributed by atoms with Gasteiger partial charge in [0.2, 0.25) is 10.3 Å². The van der Waals surface area contributed by atoms with Crippen LogP contribution in [-0.2, 0) is 0 Å². The third-order valence-corrected chi connectivity index (χ3v) is 2.99. The highest BCUT2D eigenvalue weighted by atomic mass is 32.1. The molecule has 19 heavy (non-hydrogen) atoms. The Morgan fingerprint density at radius 3 is 2.79 bits per heavy atom. The van der Waals surface area contributed by atoms with Crippen molar-refractivity contribution in [1.29, 1.82) is 0 Å². The molecule has 1 aromatic heterocycles. The smallest absolute Gasteiger partial charge is 0.285 e. The highest BCUT2D eigenvalue weighted by molar-refractivity contribution is 7.19. The molecule has 1 amide bonds. The minimum absolute atomic E-state index is 0.0289. The Hall–Kier alpha value is -2.55. The number of nitro benzene ring substituents is 1. The molecule has 0 bridgehead atoms. The third-order valence-electron chi connectivity index (χ3n) is 2.33. The normalized spacial score (nSPS) is 10.2. The Morgan fingerprint density at radius 1 is 1.47 bits per heavy atom. The van der Waals surface area contributed by atoms with Gasteiger partial charge in [0.1, 0.15) is 5.56 Å². The minimum atomic E-state index is -0.619. The average molecular weight is 279 g/mol. The van der Waals surface area contributed by atoms with E-state index in [9.17, 15) is 14.9 Å². The Labute approximate surface area is 111 Å². The first kappa shape index (κ1) is 12.9. The lowest BCUT2D eigenvalue weighted by Gasteiger charge is -2.04. The molecule has 0 aliphatic carbocycles. The Bertz CT molecular complexity index is 654. The number of amides is 1. The summed E-state index contributed by atoms with van der Waals surface area (Å²) in [4.78, 5) is 22.4. The van der Waals surface area contributed by atoms with E-state index in [4.69, 9.17) is 5.73 Å². The van der Waals surface area contributed by atoms with E-state index in [-0.39, 0.29) is 21.5 Å². The number of nitrogens with one attached hydrogen (secondary N) is 1. The predicted octanol–water partition coefficient (Wildman–Crippen LogP) is 1.59. The standard InChI is InChI=1S/C10H9N5O3S/c1-5-3-2-4-6(7(5)15(17)18)8(16)12-10-14-13-9(11)19-10/h2-4H,1H3,(H2,11,13)(H,12,14,16). The van der Waals surface area contributed by atoms with Crippen molar-refractivity contribution in [2.45, 2.75) is 6.92 Å². The molecule has 0 spiro atoms. The van der Waals surface area contributed by atoms with Crippen molar-refractivity contribution in [2.24, 2.45) is 0 Å². The van der Waals surface area contributed by atoms with Gasteiger partial charge < -0.3 is 5.73 Å². The maximum absolute atomic E-state index is 12.0. The summed E-state index contributed by atoms with van der Waals surface area (Å²) in [6.45, 7) is 1.57. The maximum atomic E-state index is 12.0. The first-order chi connectivity index (χ1) is 8.99. The molecule has 2 rings (SSSR count). The molecular weight excluding hydrogens is 270 g/mol. The van der Waals surface area contributed by atoms with E-state index in [1.807, 2.05) is 0 Å². The van der Waals surface area contributed by atoms with Crippen molar-refractivity contribution in [3.63, 3.8) is 0 Å². The van der Waals surface area contributed by atoms with Crippen molar-refractivity contribution in [1.82, 2.24) is 10.2 Å². The summed E-state index contributed by atoms with van der Waals surface area (Å²) in [7, 11) is 0. The van der Waals surface area contributed by atoms with Crippen LogP contribution in [0, 0.1) is 17.0 Å². The van der Waals surface area contributed by atoms with Crippen LogP contribution in [0.2, 0.25) is 0 Å². The lowest BCUT2D eigenvalue weighted by molar-refractivity contribution is -0.385. The zero-order valence-corrected chi connectivity index (χ0v) is 10.6. The molecule has 0 aliphatic rings. The highest BCUT2D eigenvalue weighted by Crippen LogP contribution is 2.25. The molecule has 0 unspecified atom stereocenters. The highest BCUT2D eigenvalue weighted by Gasteiger charge is 2.23. The van der Waals surface area contributed by atoms with Gasteiger partial charge in [-0.2, -0.15) is 0 Å². The summed E-state index contributed by atoms with van der Waals surface area (Å²) in [6.07, 6.45) is 0. The van der Waals surface area contributed by atoms with Crippen molar-refractivity contribution < 1.29 is 9.72 Å². The van der Waals surface area contributed by atoms with Gasteiger partial charge in [-0.15, -0.1) is 10.2 Å². The van der Waals surface area contributed by atoms with Crippen LogP contribution in [0.25, 0.3) is 0 Å². The predicted molar refractivity (Wildman–Crippen MR) is 70.1 cm³/mol. The van der Waals surface area contributed by atoms with E-state index >= 15 is 0 Å². The lowest BCUT2D eigenvalue weighted by Crippen LogP contribution is -2.14. The number of hydrogen-bond acceptors (Lipinski definition) is 7. The number of nitro groups is 1. The lowest BCUT2D eigenvalue weighted by atomic mass is 10.1. The number of rotatable bonds is 3. The van der Waals surface area contributed by atoms with Crippen LogP contribution < -0.4 is 11.1 Å². The topological polar surface area (TPSA) is 124 Å². The van der Waals surface area contributed by atoms with Crippen molar-refractivity contribution >= 4 is 33.2 Å². The van der Waals surface area contributed by atoms with Gasteiger partial charge in [0.15, 0.2) is 0 Å². The van der Waals surface area contributed by atoms with Crippen LogP contribution in [0.5, 0.6) is 0 Å². The van der Waals surface area contributed by atoms with Crippen molar-refractivity contribution in [3.8, 4) is 0 Å². The van der Waals surface area contributed by atoms with Crippen LogP contribution in [0.15, 0.2) is 18.2 Å². The van der Waals surface area contributed by atoms with Gasteiger partial charge in [-0.25, -0.2) is 0 Å². The monoisotopic (exact) mass is 279 g/mol. The molecule has 1 heterocycles. The average Bonchev–Trinajstić information content (AvgIpc) is 2.73. The zero-order chi connectivity index (χ0) is 14.0. The first-order valence-electron chi connectivity index (χ1n) is 5.13. The van der Waals surface area contributed by atoms with Crippen LogP contribution in [0.1, 0.15) is 15.9 Å². The van der Waals surface area contributed by atoms with Gasteiger partial charge in [0.25, 0.3) is 11.6 Å². The van der Waals surface area contributed by atoms with Crippen molar-refractivity contribution in [2.75, 3.05) is 11.1 Å². The second-order valence-corrected chi connectivity index (χ2v) is 4.64. The SMILES string of the molecule is Cc1cccc(C(=O)Nc2nnc(N)s2)c1[N+](=O)[O-]. The Morgan fingerprint density at radius 2 is 2.21 bits per heavy atom. The van der Waals surface area contributed by atoms with E-state index in [1.54, 1.807) is 19.1 Å². The van der Waals surface area contributed by atoms with E-state index in [1.165, 1.54) is 6.07 Å². The largest absolute Gasteiger partial charge is 0.374 e. The Balaban J connectivity index is 2.34. The number of carbonyl (C=O) groups is 1. The summed E-state index contributed by atoms with van der Waals surface area (Å²) >= 11 is 0.983.